The van der Waals surface area contributed by atoms with Crippen LogP contribution in [0.25, 0.3) is 0 Å². The number of nitrogens with one attached hydrogen (secondary N) is 1. The fourth-order valence-corrected chi connectivity index (χ4v) is 3.86. The van der Waals surface area contributed by atoms with Crippen LogP contribution in [0.2, 0.25) is 0 Å². The Labute approximate surface area is 142 Å². The average Bonchev–Trinajstić information content (AvgIpc) is 3.28. The van der Waals surface area contributed by atoms with E-state index in [1.807, 2.05) is 0 Å². The fraction of sp³-hybridized carbons (Fsp3) is 0.556. The van der Waals surface area contributed by atoms with Crippen LogP contribution in [0.15, 0.2) is 30.5 Å². The molecule has 6 nitrogen and oxygen atoms in total. The van der Waals surface area contributed by atoms with E-state index in [4.69, 9.17) is 0 Å². The molecule has 1 aromatic heterocycles. The molecule has 1 atom stereocenters. The van der Waals surface area contributed by atoms with Gasteiger partial charge in [-0.1, -0.05) is 12.1 Å². The number of nitrogens with zero attached hydrogens (tertiary/aromatic N) is 4. The van der Waals surface area contributed by atoms with Crippen molar-refractivity contribution >= 4 is 5.69 Å². The van der Waals surface area contributed by atoms with Gasteiger partial charge in [0.1, 0.15) is 11.3 Å². The molecule has 1 unspecified atom stereocenters. The highest BCUT2D eigenvalue weighted by molar-refractivity contribution is 5.47. The van der Waals surface area contributed by atoms with Crippen molar-refractivity contribution in [3.05, 3.63) is 41.7 Å². The van der Waals surface area contributed by atoms with Gasteiger partial charge < -0.3 is 10.0 Å². The Hall–Kier alpha value is -1.92. The molecule has 0 amide bonds. The second-order valence-electron chi connectivity index (χ2n) is 7.06. The van der Waals surface area contributed by atoms with Crippen LogP contribution < -0.4 is 4.90 Å². The monoisotopic (exact) mass is 327 g/mol. The van der Waals surface area contributed by atoms with E-state index in [0.717, 1.165) is 13.1 Å². The van der Waals surface area contributed by atoms with Gasteiger partial charge in [-0.25, -0.2) is 0 Å². The number of anilines is 1. The zero-order chi connectivity index (χ0) is 16.4. The molecular formula is C18H25N5O. The summed E-state index contributed by atoms with van der Waals surface area (Å²) in [6.07, 6.45) is 6.28. The molecule has 6 heteroatoms. The summed E-state index contributed by atoms with van der Waals surface area (Å²) < 4.78 is 0. The number of likely N-dealkylation sites (tertiary alicyclic amines) is 1. The van der Waals surface area contributed by atoms with Gasteiger partial charge in [0.15, 0.2) is 0 Å². The van der Waals surface area contributed by atoms with Gasteiger partial charge in [0.2, 0.25) is 0 Å². The number of H-pyrrole nitrogens is 1. The number of hydrogen-bond acceptors (Lipinski definition) is 5. The summed E-state index contributed by atoms with van der Waals surface area (Å²) in [6, 6.07) is 8.91. The zero-order valence-corrected chi connectivity index (χ0v) is 14.0. The third-order valence-electron chi connectivity index (χ3n) is 5.28. The van der Waals surface area contributed by atoms with E-state index in [2.05, 4.69) is 49.5 Å². The highest BCUT2D eigenvalue weighted by Crippen LogP contribution is 2.31. The largest absolute Gasteiger partial charge is 0.382 e. The minimum absolute atomic E-state index is 0.605. The third kappa shape index (κ3) is 3.16. The van der Waals surface area contributed by atoms with Gasteiger partial charge in [-0.3, -0.25) is 4.90 Å². The number of rotatable bonds is 4. The Kier molecular flexibility index (Phi) is 4.24. The Morgan fingerprint density at radius 3 is 2.58 bits per heavy atom. The second-order valence-corrected chi connectivity index (χ2v) is 7.06. The molecule has 0 bridgehead atoms. The molecule has 4 rings (SSSR count). The van der Waals surface area contributed by atoms with Crippen molar-refractivity contribution in [2.45, 2.75) is 37.8 Å². The number of aliphatic hydroxyl groups is 1. The molecule has 2 aliphatic rings. The molecule has 2 aromatic rings. The maximum Gasteiger partial charge on any atom is 0.124 e. The SMILES string of the molecule is OC1(c2cn[nH]n2)CCN(Cc2ccc(N3CCCCC3)cc2)C1. The van der Waals surface area contributed by atoms with Crippen LogP contribution in [-0.2, 0) is 12.1 Å². The molecule has 2 aliphatic heterocycles. The average molecular weight is 327 g/mol. The highest BCUT2D eigenvalue weighted by atomic mass is 16.3. The predicted molar refractivity (Wildman–Crippen MR) is 92.7 cm³/mol. The quantitative estimate of drug-likeness (QED) is 0.897. The number of aromatic nitrogens is 3. The van der Waals surface area contributed by atoms with Gasteiger partial charge in [-0.15, -0.1) is 0 Å². The lowest BCUT2D eigenvalue weighted by Gasteiger charge is -2.29. The molecule has 0 radical (unpaired) electrons. The molecule has 128 valence electrons. The van der Waals surface area contributed by atoms with Crippen LogP contribution in [0.4, 0.5) is 5.69 Å². The molecule has 0 aliphatic carbocycles. The van der Waals surface area contributed by atoms with E-state index < -0.39 is 5.60 Å². The first-order chi connectivity index (χ1) is 11.7. The summed E-state index contributed by atoms with van der Waals surface area (Å²) in [5.41, 5.74) is 2.39. The van der Waals surface area contributed by atoms with Crippen LogP contribution in [0, 0.1) is 0 Å². The van der Waals surface area contributed by atoms with Crippen molar-refractivity contribution in [3.8, 4) is 0 Å². The van der Waals surface area contributed by atoms with Crippen molar-refractivity contribution in [1.82, 2.24) is 20.3 Å². The van der Waals surface area contributed by atoms with E-state index >= 15 is 0 Å². The van der Waals surface area contributed by atoms with E-state index in [0.29, 0.717) is 18.7 Å². The highest BCUT2D eigenvalue weighted by Gasteiger charge is 2.39. The Bertz CT molecular complexity index is 651. The number of piperidine rings is 1. The first kappa shape index (κ1) is 15.6. The number of hydrogen-bond donors (Lipinski definition) is 2. The first-order valence-electron chi connectivity index (χ1n) is 8.88. The van der Waals surface area contributed by atoms with Crippen LogP contribution in [0.3, 0.4) is 0 Å². The zero-order valence-electron chi connectivity index (χ0n) is 14.0. The van der Waals surface area contributed by atoms with Gasteiger partial charge in [-0.2, -0.15) is 15.4 Å². The Balaban J connectivity index is 1.37. The Morgan fingerprint density at radius 1 is 1.08 bits per heavy atom. The molecular weight excluding hydrogens is 302 g/mol. The number of aromatic amines is 1. The summed E-state index contributed by atoms with van der Waals surface area (Å²) in [6.45, 7) is 4.69. The third-order valence-corrected chi connectivity index (χ3v) is 5.28. The molecule has 2 saturated heterocycles. The van der Waals surface area contributed by atoms with Crippen molar-refractivity contribution in [2.24, 2.45) is 0 Å². The van der Waals surface area contributed by atoms with Crippen molar-refractivity contribution in [3.63, 3.8) is 0 Å². The lowest BCUT2D eigenvalue weighted by molar-refractivity contribution is 0.0409. The van der Waals surface area contributed by atoms with Crippen LogP contribution in [-0.4, -0.2) is 51.6 Å². The summed E-state index contributed by atoms with van der Waals surface area (Å²) in [5.74, 6) is 0. The van der Waals surface area contributed by atoms with Crippen LogP contribution in [0.5, 0.6) is 0 Å². The maximum atomic E-state index is 10.7. The van der Waals surface area contributed by atoms with Crippen LogP contribution in [0.1, 0.15) is 36.9 Å². The van der Waals surface area contributed by atoms with Gasteiger partial charge in [0.05, 0.1) is 6.20 Å². The fourth-order valence-electron chi connectivity index (χ4n) is 3.86. The molecule has 3 heterocycles. The lowest BCUT2D eigenvalue weighted by atomic mass is 10.00. The molecule has 0 spiro atoms. The summed E-state index contributed by atoms with van der Waals surface area (Å²) in [7, 11) is 0. The minimum Gasteiger partial charge on any atom is -0.382 e. The summed E-state index contributed by atoms with van der Waals surface area (Å²) in [5, 5.41) is 21.2. The van der Waals surface area contributed by atoms with E-state index in [9.17, 15) is 5.11 Å². The molecule has 24 heavy (non-hydrogen) atoms. The van der Waals surface area contributed by atoms with Crippen LogP contribution >= 0.6 is 0 Å². The van der Waals surface area contributed by atoms with Crippen molar-refractivity contribution < 1.29 is 5.11 Å². The predicted octanol–water partition coefficient (Wildman–Crippen LogP) is 1.89. The topological polar surface area (TPSA) is 68.3 Å². The molecule has 1 aromatic carbocycles. The van der Waals surface area contributed by atoms with Gasteiger partial charge in [0.25, 0.3) is 0 Å². The standard InChI is InChI=1S/C18H25N5O/c24-18(17-12-19-21-20-17)8-11-22(14-18)13-15-4-6-16(7-5-15)23-9-2-1-3-10-23/h4-7,12,24H,1-3,8-11,13-14H2,(H,19,20,21). The summed E-state index contributed by atoms with van der Waals surface area (Å²) in [4.78, 5) is 4.76. The van der Waals surface area contributed by atoms with E-state index in [-0.39, 0.29) is 0 Å². The van der Waals surface area contributed by atoms with Gasteiger partial charge in [0, 0.05) is 38.4 Å². The smallest absolute Gasteiger partial charge is 0.124 e. The summed E-state index contributed by atoms with van der Waals surface area (Å²) >= 11 is 0. The normalized spacial score (nSPS) is 25.3. The van der Waals surface area contributed by atoms with Gasteiger partial charge >= 0.3 is 0 Å². The second kappa shape index (κ2) is 6.53. The number of benzene rings is 1. The maximum absolute atomic E-state index is 10.7. The van der Waals surface area contributed by atoms with Gasteiger partial charge in [-0.05, 0) is 43.4 Å². The minimum atomic E-state index is -0.874. The number of β-amino-alcohol motifs (C(OH)–C–C–N with tert-alkyl or cyclic N) is 1. The molecule has 2 N–H and O–H groups in total. The first-order valence-corrected chi connectivity index (χ1v) is 8.88. The molecule has 0 saturated carbocycles. The van der Waals surface area contributed by atoms with E-state index in [1.165, 1.54) is 43.6 Å². The van der Waals surface area contributed by atoms with E-state index in [1.54, 1.807) is 6.20 Å². The lowest BCUT2D eigenvalue weighted by Crippen LogP contribution is -2.31. The molecule has 2 fully saturated rings. The Morgan fingerprint density at radius 2 is 1.88 bits per heavy atom. The van der Waals surface area contributed by atoms with Crippen molar-refractivity contribution in [2.75, 3.05) is 31.1 Å². The van der Waals surface area contributed by atoms with Crippen molar-refractivity contribution in [1.29, 1.82) is 0 Å².